The highest BCUT2D eigenvalue weighted by molar-refractivity contribution is 5.66. The molecule has 0 spiro atoms. The molecule has 0 aliphatic heterocycles. The largest absolute Gasteiger partial charge is 0.481 e. The number of hydrogen-bond acceptors (Lipinski definition) is 8. The van der Waals surface area contributed by atoms with Gasteiger partial charge in [0.15, 0.2) is 0 Å². The average Bonchev–Trinajstić information content (AvgIpc) is 3.05. The molecule has 1 aromatic heterocycles. The maximum atomic E-state index is 10.5. The van der Waals surface area contributed by atoms with Crippen LogP contribution in [0.3, 0.4) is 0 Å². The number of ether oxygens (including phenoxy) is 1. The molecule has 10 heteroatoms. The first kappa shape index (κ1) is 20.5. The topological polar surface area (TPSA) is 158 Å². The van der Waals surface area contributed by atoms with Gasteiger partial charge in [-0.3, -0.25) is 4.79 Å². The molecule has 0 aromatic carbocycles. The Labute approximate surface area is 139 Å². The Morgan fingerprint density at radius 2 is 1.92 bits per heavy atom. The molecule has 0 aliphatic rings. The minimum absolute atomic E-state index is 0.0187. The normalized spacial score (nSPS) is 12.0. The van der Waals surface area contributed by atoms with Crippen molar-refractivity contribution in [1.29, 1.82) is 0 Å². The second-order valence-corrected chi connectivity index (χ2v) is 5.69. The number of aliphatic carboxylic acids is 1. The van der Waals surface area contributed by atoms with Gasteiger partial charge >= 0.3 is 5.97 Å². The molecule has 5 N–H and O–H groups in total. The van der Waals surface area contributed by atoms with Crippen LogP contribution >= 0.6 is 0 Å². The summed E-state index contributed by atoms with van der Waals surface area (Å²) >= 11 is 0. The van der Waals surface area contributed by atoms with E-state index in [1.54, 1.807) is 0 Å². The van der Waals surface area contributed by atoms with Gasteiger partial charge in [0.2, 0.25) is 0 Å². The number of rotatable bonds is 13. The number of carboxylic acids is 1. The smallest absolute Gasteiger partial charge is 0.303 e. The predicted octanol–water partition coefficient (Wildman–Crippen LogP) is -2.02. The van der Waals surface area contributed by atoms with E-state index in [2.05, 4.69) is 10.3 Å². The third kappa shape index (κ3) is 5.80. The molecule has 1 heterocycles. The van der Waals surface area contributed by atoms with Gasteiger partial charge in [-0.15, -0.1) is 5.10 Å². The fraction of sp³-hybridized carbons (Fsp3) is 0.786. The van der Waals surface area contributed by atoms with Gasteiger partial charge in [0.05, 0.1) is 45.3 Å². The van der Waals surface area contributed by atoms with Crippen LogP contribution in [0.25, 0.3) is 0 Å². The number of aliphatic hydroxyl groups is 4. The lowest BCUT2D eigenvalue weighted by molar-refractivity contribution is -0.137. The second-order valence-electron chi connectivity index (χ2n) is 5.69. The summed E-state index contributed by atoms with van der Waals surface area (Å²) in [4.78, 5) is 10.5. The highest BCUT2D eigenvalue weighted by atomic mass is 16.5. The molecule has 0 fully saturated rings. The average molecular weight is 347 g/mol. The van der Waals surface area contributed by atoms with Gasteiger partial charge in [0.25, 0.3) is 0 Å². The first-order valence-electron chi connectivity index (χ1n) is 7.66. The van der Waals surface area contributed by atoms with E-state index < -0.39 is 30.6 Å². The fourth-order valence-electron chi connectivity index (χ4n) is 2.00. The maximum absolute atomic E-state index is 10.5. The molecule has 1 rings (SSSR count). The number of carboxylic acid groups (broad SMARTS) is 1. The van der Waals surface area contributed by atoms with E-state index in [0.717, 1.165) is 0 Å². The van der Waals surface area contributed by atoms with Crippen LogP contribution < -0.4 is 0 Å². The van der Waals surface area contributed by atoms with E-state index in [4.69, 9.17) is 20.1 Å². The zero-order valence-electron chi connectivity index (χ0n) is 13.4. The van der Waals surface area contributed by atoms with Crippen LogP contribution in [-0.2, 0) is 21.5 Å². The van der Waals surface area contributed by atoms with Crippen molar-refractivity contribution in [2.75, 3.05) is 39.6 Å². The van der Waals surface area contributed by atoms with Gasteiger partial charge in [-0.05, 0) is 12.8 Å². The molecule has 0 unspecified atom stereocenters. The lowest BCUT2D eigenvalue weighted by Gasteiger charge is -2.29. The van der Waals surface area contributed by atoms with Gasteiger partial charge in [0.1, 0.15) is 5.54 Å². The molecule has 0 radical (unpaired) electrons. The second kappa shape index (κ2) is 10.3. The summed E-state index contributed by atoms with van der Waals surface area (Å²) in [6.45, 7) is -1.41. The zero-order chi connectivity index (χ0) is 18.0. The number of aliphatic hydroxyl groups excluding tert-OH is 4. The van der Waals surface area contributed by atoms with Crippen LogP contribution in [0.5, 0.6) is 0 Å². The van der Waals surface area contributed by atoms with E-state index in [0.29, 0.717) is 18.5 Å². The third-order valence-corrected chi connectivity index (χ3v) is 3.68. The van der Waals surface area contributed by atoms with Crippen molar-refractivity contribution in [3.05, 3.63) is 11.9 Å². The summed E-state index contributed by atoms with van der Waals surface area (Å²) in [5, 5.41) is 53.8. The number of hydrogen-bond donors (Lipinski definition) is 5. The lowest BCUT2D eigenvalue weighted by Crippen LogP contribution is -2.46. The van der Waals surface area contributed by atoms with Crippen molar-refractivity contribution < 1.29 is 35.1 Å². The van der Waals surface area contributed by atoms with Gasteiger partial charge in [-0.1, -0.05) is 5.21 Å². The van der Waals surface area contributed by atoms with Crippen LogP contribution in [-0.4, -0.2) is 86.1 Å². The summed E-state index contributed by atoms with van der Waals surface area (Å²) < 4.78 is 6.70. The first-order chi connectivity index (χ1) is 11.5. The number of carbonyl (C=O) groups is 1. The molecular weight excluding hydrogens is 322 g/mol. The minimum Gasteiger partial charge on any atom is -0.481 e. The Morgan fingerprint density at radius 1 is 1.25 bits per heavy atom. The number of nitrogens with zero attached hydrogens (tertiary/aromatic N) is 3. The SMILES string of the molecule is O=C(O)CCCc1cn(C(CO)(CO)COCC(CO)CO)nn1. The quantitative estimate of drug-likeness (QED) is 0.271. The van der Waals surface area contributed by atoms with Gasteiger partial charge in [-0.2, -0.15) is 0 Å². The highest BCUT2D eigenvalue weighted by Crippen LogP contribution is 2.17. The Morgan fingerprint density at radius 3 is 2.46 bits per heavy atom. The fourth-order valence-corrected chi connectivity index (χ4v) is 2.00. The van der Waals surface area contributed by atoms with Crippen molar-refractivity contribution >= 4 is 5.97 Å². The van der Waals surface area contributed by atoms with Gasteiger partial charge in [0, 0.05) is 18.5 Å². The van der Waals surface area contributed by atoms with Gasteiger partial charge in [-0.25, -0.2) is 4.68 Å². The Balaban J connectivity index is 2.68. The Hall–Kier alpha value is -1.59. The van der Waals surface area contributed by atoms with E-state index in [1.165, 1.54) is 10.9 Å². The number of aryl methyl sites for hydroxylation is 1. The van der Waals surface area contributed by atoms with Crippen LogP contribution in [0, 0.1) is 5.92 Å². The Bertz CT molecular complexity index is 486. The first-order valence-corrected chi connectivity index (χ1v) is 7.66. The van der Waals surface area contributed by atoms with Crippen LogP contribution in [0.1, 0.15) is 18.5 Å². The van der Waals surface area contributed by atoms with Crippen molar-refractivity contribution in [1.82, 2.24) is 15.0 Å². The van der Waals surface area contributed by atoms with E-state index in [1.807, 2.05) is 0 Å². The van der Waals surface area contributed by atoms with Crippen LogP contribution in [0.2, 0.25) is 0 Å². The van der Waals surface area contributed by atoms with Crippen molar-refractivity contribution in [3.8, 4) is 0 Å². The van der Waals surface area contributed by atoms with Crippen LogP contribution in [0.15, 0.2) is 6.20 Å². The van der Waals surface area contributed by atoms with E-state index >= 15 is 0 Å². The summed E-state index contributed by atoms with van der Waals surface area (Å²) in [7, 11) is 0. The Kier molecular flexibility index (Phi) is 8.79. The molecule has 0 bridgehead atoms. The maximum Gasteiger partial charge on any atom is 0.303 e. The molecule has 138 valence electrons. The van der Waals surface area contributed by atoms with Crippen molar-refractivity contribution in [2.45, 2.75) is 24.8 Å². The standard InChI is InChI=1S/C14H25N3O7/c18-5-11(6-19)7-24-10-14(8-20,9-21)17-4-12(15-16-17)2-1-3-13(22)23/h4,11,18-21H,1-3,5-10H2,(H,22,23). The molecule has 0 aliphatic carbocycles. The molecule has 0 saturated heterocycles. The van der Waals surface area contributed by atoms with Crippen molar-refractivity contribution in [3.63, 3.8) is 0 Å². The minimum atomic E-state index is -1.23. The van der Waals surface area contributed by atoms with Crippen LogP contribution in [0.4, 0.5) is 0 Å². The molecule has 0 saturated carbocycles. The molecule has 0 atom stereocenters. The number of aromatic nitrogens is 3. The van der Waals surface area contributed by atoms with Crippen molar-refractivity contribution in [2.24, 2.45) is 5.92 Å². The predicted molar refractivity (Wildman–Crippen MR) is 81.2 cm³/mol. The summed E-state index contributed by atoms with van der Waals surface area (Å²) in [5.74, 6) is -1.33. The van der Waals surface area contributed by atoms with Gasteiger partial charge < -0.3 is 30.3 Å². The van der Waals surface area contributed by atoms with E-state index in [9.17, 15) is 15.0 Å². The monoisotopic (exact) mass is 347 g/mol. The molecule has 24 heavy (non-hydrogen) atoms. The molecule has 0 amide bonds. The third-order valence-electron chi connectivity index (χ3n) is 3.68. The summed E-state index contributed by atoms with van der Waals surface area (Å²) in [6, 6.07) is 0. The van der Waals surface area contributed by atoms with E-state index in [-0.39, 0.29) is 32.8 Å². The zero-order valence-corrected chi connectivity index (χ0v) is 13.4. The molecule has 1 aromatic rings. The summed E-state index contributed by atoms with van der Waals surface area (Å²) in [5.41, 5.74) is -0.681. The summed E-state index contributed by atoms with van der Waals surface area (Å²) in [6.07, 6.45) is 2.37. The highest BCUT2D eigenvalue weighted by Gasteiger charge is 2.33. The molecular formula is C14H25N3O7. The lowest BCUT2D eigenvalue weighted by atomic mass is 10.0. The molecule has 10 nitrogen and oxygen atoms in total.